The Labute approximate surface area is 196 Å². The quantitative estimate of drug-likeness (QED) is 0.327. The summed E-state index contributed by atoms with van der Waals surface area (Å²) in [5.74, 6) is -2.39. The highest BCUT2D eigenvalue weighted by molar-refractivity contribution is 9.10. The van der Waals surface area contributed by atoms with Crippen molar-refractivity contribution in [2.45, 2.75) is 6.92 Å². The van der Waals surface area contributed by atoms with E-state index in [1.807, 2.05) is 0 Å². The summed E-state index contributed by atoms with van der Waals surface area (Å²) >= 11 is 3.41. The van der Waals surface area contributed by atoms with E-state index in [0.29, 0.717) is 33.3 Å². The highest BCUT2D eigenvalue weighted by Gasteiger charge is 2.21. The SMILES string of the molecule is COC(=O)c1ccc(NC(=O)c2c(C)c(-c3ccc(F)cc3)nc3ccc(Br)cc23)c(F)c1. The van der Waals surface area contributed by atoms with Crippen LogP contribution in [0.15, 0.2) is 65.1 Å². The third-order valence-corrected chi connectivity index (χ3v) is 5.67. The van der Waals surface area contributed by atoms with Gasteiger partial charge in [-0.25, -0.2) is 18.6 Å². The van der Waals surface area contributed by atoms with Crippen LogP contribution in [0.3, 0.4) is 0 Å². The highest BCUT2D eigenvalue weighted by Crippen LogP contribution is 2.32. The Kier molecular flexibility index (Phi) is 6.20. The molecular weight excluding hydrogens is 494 g/mol. The van der Waals surface area contributed by atoms with Crippen molar-refractivity contribution < 1.29 is 23.1 Å². The zero-order chi connectivity index (χ0) is 23.7. The molecule has 1 aromatic heterocycles. The van der Waals surface area contributed by atoms with Gasteiger partial charge >= 0.3 is 5.97 Å². The van der Waals surface area contributed by atoms with Crippen LogP contribution in [0, 0.1) is 18.6 Å². The van der Waals surface area contributed by atoms with E-state index in [0.717, 1.165) is 10.5 Å². The van der Waals surface area contributed by atoms with Crippen LogP contribution in [0.1, 0.15) is 26.3 Å². The van der Waals surface area contributed by atoms with Crippen LogP contribution in [0.25, 0.3) is 22.2 Å². The number of benzene rings is 3. The molecule has 0 bridgehead atoms. The number of hydrogen-bond acceptors (Lipinski definition) is 4. The van der Waals surface area contributed by atoms with Gasteiger partial charge in [0, 0.05) is 15.4 Å². The first-order valence-electron chi connectivity index (χ1n) is 9.83. The lowest BCUT2D eigenvalue weighted by Gasteiger charge is -2.15. The van der Waals surface area contributed by atoms with Crippen LogP contribution in [0.2, 0.25) is 0 Å². The van der Waals surface area contributed by atoms with E-state index in [-0.39, 0.29) is 17.1 Å². The second kappa shape index (κ2) is 9.07. The molecule has 4 aromatic rings. The summed E-state index contributed by atoms with van der Waals surface area (Å²) in [6.07, 6.45) is 0. The normalized spacial score (nSPS) is 10.8. The third-order valence-electron chi connectivity index (χ3n) is 5.17. The number of amides is 1. The maximum absolute atomic E-state index is 14.6. The van der Waals surface area contributed by atoms with Crippen LogP contribution in [-0.4, -0.2) is 24.0 Å². The number of aromatic nitrogens is 1. The van der Waals surface area contributed by atoms with Gasteiger partial charge in [-0.1, -0.05) is 15.9 Å². The summed E-state index contributed by atoms with van der Waals surface area (Å²) in [7, 11) is 1.20. The fraction of sp³-hybridized carbons (Fsp3) is 0.0800. The lowest BCUT2D eigenvalue weighted by atomic mass is 9.97. The Balaban J connectivity index is 1.83. The Morgan fingerprint density at radius 2 is 1.73 bits per heavy atom. The van der Waals surface area contributed by atoms with Gasteiger partial charge in [0.15, 0.2) is 0 Å². The van der Waals surface area contributed by atoms with Gasteiger partial charge in [-0.05, 0) is 73.2 Å². The molecule has 0 unspecified atom stereocenters. The summed E-state index contributed by atoms with van der Waals surface area (Å²) in [5.41, 5.74) is 2.50. The number of methoxy groups -OCH3 is 1. The molecule has 0 spiro atoms. The minimum absolute atomic E-state index is 0.0288. The molecule has 1 amide bonds. The fourth-order valence-corrected chi connectivity index (χ4v) is 3.92. The lowest BCUT2D eigenvalue weighted by Crippen LogP contribution is -2.16. The first-order valence-corrected chi connectivity index (χ1v) is 10.6. The Morgan fingerprint density at radius 3 is 2.39 bits per heavy atom. The number of anilines is 1. The Hall–Kier alpha value is -3.65. The number of hydrogen-bond donors (Lipinski definition) is 1. The summed E-state index contributed by atoms with van der Waals surface area (Å²) < 4.78 is 33.4. The van der Waals surface area contributed by atoms with Crippen molar-refractivity contribution in [3.63, 3.8) is 0 Å². The van der Waals surface area contributed by atoms with E-state index in [2.05, 4.69) is 31.0 Å². The summed E-state index contributed by atoms with van der Waals surface area (Å²) in [4.78, 5) is 29.7. The summed E-state index contributed by atoms with van der Waals surface area (Å²) in [5, 5.41) is 3.15. The van der Waals surface area contributed by atoms with E-state index in [1.54, 1.807) is 37.3 Å². The molecule has 0 aliphatic heterocycles. The second-order valence-corrected chi connectivity index (χ2v) is 8.18. The van der Waals surface area contributed by atoms with E-state index in [4.69, 9.17) is 0 Å². The van der Waals surface area contributed by atoms with E-state index in [1.165, 1.54) is 31.4 Å². The van der Waals surface area contributed by atoms with Gasteiger partial charge in [-0.15, -0.1) is 0 Å². The number of carbonyl (C=O) groups is 2. The zero-order valence-corrected chi connectivity index (χ0v) is 19.2. The van der Waals surface area contributed by atoms with Crippen molar-refractivity contribution in [2.24, 2.45) is 0 Å². The maximum Gasteiger partial charge on any atom is 0.337 e. The van der Waals surface area contributed by atoms with Crippen molar-refractivity contribution in [2.75, 3.05) is 12.4 Å². The van der Waals surface area contributed by atoms with Crippen LogP contribution in [0.4, 0.5) is 14.5 Å². The molecular formula is C25H17BrF2N2O3. The number of rotatable bonds is 4. The van der Waals surface area contributed by atoms with Gasteiger partial charge in [-0.2, -0.15) is 0 Å². The molecule has 0 fully saturated rings. The molecule has 4 rings (SSSR count). The molecule has 33 heavy (non-hydrogen) atoms. The van der Waals surface area contributed by atoms with Crippen LogP contribution in [-0.2, 0) is 4.74 Å². The standard InChI is InChI=1S/C25H17BrF2N2O3/c1-13-22(24(31)30-21-9-5-15(11-19(21)28)25(32)33-2)18-12-16(26)6-10-20(18)29-23(13)14-3-7-17(27)8-4-14/h3-12H,1-2H3,(H,30,31). The van der Waals surface area contributed by atoms with Crippen molar-refractivity contribution in [1.29, 1.82) is 0 Å². The number of carbonyl (C=O) groups excluding carboxylic acids is 2. The van der Waals surface area contributed by atoms with Gasteiger partial charge in [0.2, 0.25) is 0 Å². The third kappa shape index (κ3) is 4.47. The molecule has 0 aliphatic rings. The van der Waals surface area contributed by atoms with Crippen molar-refractivity contribution in [3.05, 3.63) is 93.5 Å². The molecule has 0 atom stereocenters. The van der Waals surface area contributed by atoms with Gasteiger partial charge < -0.3 is 10.1 Å². The molecule has 166 valence electrons. The highest BCUT2D eigenvalue weighted by atomic mass is 79.9. The molecule has 3 aromatic carbocycles. The molecule has 1 N–H and O–H groups in total. The predicted molar refractivity (Wildman–Crippen MR) is 125 cm³/mol. The Morgan fingerprint density at radius 1 is 1.00 bits per heavy atom. The molecule has 8 heteroatoms. The number of pyridine rings is 1. The molecule has 5 nitrogen and oxygen atoms in total. The van der Waals surface area contributed by atoms with Crippen LogP contribution in [0.5, 0.6) is 0 Å². The van der Waals surface area contributed by atoms with Crippen molar-refractivity contribution >= 4 is 44.4 Å². The average molecular weight is 511 g/mol. The zero-order valence-electron chi connectivity index (χ0n) is 17.6. The fourth-order valence-electron chi connectivity index (χ4n) is 3.56. The first kappa shape index (κ1) is 22.5. The number of nitrogens with zero attached hydrogens (tertiary/aromatic N) is 1. The van der Waals surface area contributed by atoms with Gasteiger partial charge in [-0.3, -0.25) is 4.79 Å². The average Bonchev–Trinajstić information content (AvgIpc) is 2.80. The van der Waals surface area contributed by atoms with Gasteiger partial charge in [0.1, 0.15) is 11.6 Å². The van der Waals surface area contributed by atoms with Crippen LogP contribution >= 0.6 is 15.9 Å². The first-order chi connectivity index (χ1) is 15.8. The second-order valence-electron chi connectivity index (χ2n) is 7.27. The van der Waals surface area contributed by atoms with Crippen LogP contribution < -0.4 is 5.32 Å². The predicted octanol–water partition coefficient (Wildman–Crippen LogP) is 6.29. The number of nitrogens with one attached hydrogen (secondary N) is 1. The molecule has 0 radical (unpaired) electrons. The number of fused-ring (bicyclic) bond motifs is 1. The van der Waals surface area contributed by atoms with Gasteiger partial charge in [0.05, 0.1) is 35.1 Å². The van der Waals surface area contributed by atoms with E-state index >= 15 is 0 Å². The minimum atomic E-state index is -0.776. The summed E-state index contributed by atoms with van der Waals surface area (Å²) in [6, 6.07) is 14.8. The van der Waals surface area contributed by atoms with E-state index < -0.39 is 17.7 Å². The van der Waals surface area contributed by atoms with E-state index in [9.17, 15) is 18.4 Å². The summed E-state index contributed by atoms with van der Waals surface area (Å²) in [6.45, 7) is 1.73. The smallest absolute Gasteiger partial charge is 0.337 e. The number of halogens is 3. The number of esters is 1. The molecule has 1 heterocycles. The molecule has 0 aliphatic carbocycles. The van der Waals surface area contributed by atoms with Crippen molar-refractivity contribution in [3.8, 4) is 11.3 Å². The number of ether oxygens (including phenoxy) is 1. The van der Waals surface area contributed by atoms with Crippen molar-refractivity contribution in [1.82, 2.24) is 4.98 Å². The minimum Gasteiger partial charge on any atom is -0.465 e. The lowest BCUT2D eigenvalue weighted by molar-refractivity contribution is 0.0600. The molecule has 0 saturated carbocycles. The topological polar surface area (TPSA) is 68.3 Å². The largest absolute Gasteiger partial charge is 0.465 e. The Bertz CT molecular complexity index is 1410. The van der Waals surface area contributed by atoms with Gasteiger partial charge in [0.25, 0.3) is 5.91 Å². The maximum atomic E-state index is 14.6. The molecule has 0 saturated heterocycles. The monoisotopic (exact) mass is 510 g/mol.